The van der Waals surface area contributed by atoms with Crippen LogP contribution in [-0.2, 0) is 19.1 Å². The summed E-state index contributed by atoms with van der Waals surface area (Å²) in [7, 11) is 0. The molecule has 1 atom stereocenters. The number of carbonyl (C=O) groups is 3. The van der Waals surface area contributed by atoms with Crippen LogP contribution in [0.15, 0.2) is 41.8 Å². The maximum atomic E-state index is 12.1. The Kier molecular flexibility index (Phi) is 5.81. The fraction of sp³-hybridized carbons (Fsp3) is 0.312. The van der Waals surface area contributed by atoms with E-state index in [1.165, 1.54) is 29.7 Å². The molecule has 1 aromatic rings. The summed E-state index contributed by atoms with van der Waals surface area (Å²) in [5.41, 5.74) is 0.689. The van der Waals surface area contributed by atoms with E-state index in [1.807, 2.05) is 18.2 Å². The van der Waals surface area contributed by atoms with Crippen molar-refractivity contribution in [3.8, 4) is 0 Å². The van der Waals surface area contributed by atoms with Crippen molar-refractivity contribution in [3.05, 3.63) is 36.9 Å². The molecule has 1 aromatic carbocycles. The molecule has 23 heavy (non-hydrogen) atoms. The maximum Gasteiger partial charge on any atom is 0.326 e. The number of nitrogens with zero attached hydrogens (tertiary/aromatic N) is 1. The van der Waals surface area contributed by atoms with E-state index in [2.05, 4.69) is 11.9 Å². The standard InChI is InChI=1S/C16H18N2O4S/c1-3-8-17-16(21)11(2)22-15(20)9-18-12-6-4-5-7-13(12)23-10-14(18)19/h3-7,11H,1,8-10H2,2H3,(H,17,21)/t11-/m1/s1. The van der Waals surface area contributed by atoms with Gasteiger partial charge in [0.15, 0.2) is 6.10 Å². The largest absolute Gasteiger partial charge is 0.451 e. The second kappa shape index (κ2) is 7.82. The molecule has 2 rings (SSSR count). The molecule has 1 aliphatic rings. The topological polar surface area (TPSA) is 75.7 Å². The molecule has 0 saturated heterocycles. The van der Waals surface area contributed by atoms with Crippen LogP contribution in [-0.4, -0.2) is 42.7 Å². The highest BCUT2D eigenvalue weighted by Gasteiger charge is 2.28. The Hall–Kier alpha value is -2.28. The van der Waals surface area contributed by atoms with Crippen molar-refractivity contribution < 1.29 is 19.1 Å². The van der Waals surface area contributed by atoms with Gasteiger partial charge in [-0.15, -0.1) is 18.3 Å². The van der Waals surface area contributed by atoms with Crippen LogP contribution in [0.2, 0.25) is 0 Å². The number of benzene rings is 1. The van der Waals surface area contributed by atoms with E-state index in [1.54, 1.807) is 6.07 Å². The molecule has 122 valence electrons. The Bertz CT molecular complexity index is 632. The lowest BCUT2D eigenvalue weighted by Crippen LogP contribution is -2.42. The van der Waals surface area contributed by atoms with Gasteiger partial charge in [0.05, 0.1) is 11.4 Å². The molecule has 0 radical (unpaired) electrons. The van der Waals surface area contributed by atoms with Crippen molar-refractivity contribution in [2.45, 2.75) is 17.9 Å². The average molecular weight is 334 g/mol. The van der Waals surface area contributed by atoms with Crippen LogP contribution in [0.1, 0.15) is 6.92 Å². The third kappa shape index (κ3) is 4.35. The first-order valence-electron chi connectivity index (χ1n) is 7.13. The van der Waals surface area contributed by atoms with E-state index < -0.39 is 18.0 Å². The number of hydrogen-bond donors (Lipinski definition) is 1. The van der Waals surface area contributed by atoms with Crippen molar-refractivity contribution >= 4 is 35.2 Å². The van der Waals surface area contributed by atoms with E-state index in [9.17, 15) is 14.4 Å². The van der Waals surface area contributed by atoms with Gasteiger partial charge in [0.2, 0.25) is 5.91 Å². The van der Waals surface area contributed by atoms with Crippen molar-refractivity contribution in [1.82, 2.24) is 5.32 Å². The normalized spacial score (nSPS) is 14.7. The second-order valence-electron chi connectivity index (χ2n) is 4.90. The fourth-order valence-electron chi connectivity index (χ4n) is 2.06. The minimum atomic E-state index is -0.924. The Balaban J connectivity index is 1.98. The van der Waals surface area contributed by atoms with E-state index in [0.717, 1.165) is 4.90 Å². The molecule has 0 saturated carbocycles. The summed E-state index contributed by atoms with van der Waals surface area (Å²) in [5.74, 6) is -0.908. The first-order chi connectivity index (χ1) is 11.0. The Morgan fingerprint density at radius 1 is 1.48 bits per heavy atom. The summed E-state index contributed by atoms with van der Waals surface area (Å²) in [6.45, 7) is 5.06. The summed E-state index contributed by atoms with van der Waals surface area (Å²) in [5, 5.41) is 2.55. The molecule has 0 bridgehead atoms. The van der Waals surface area contributed by atoms with Gasteiger partial charge in [0.1, 0.15) is 6.54 Å². The number of nitrogens with one attached hydrogen (secondary N) is 1. The van der Waals surface area contributed by atoms with Crippen LogP contribution in [0.3, 0.4) is 0 Å². The zero-order valence-corrected chi connectivity index (χ0v) is 13.6. The van der Waals surface area contributed by atoms with E-state index >= 15 is 0 Å². The Morgan fingerprint density at radius 2 is 2.22 bits per heavy atom. The van der Waals surface area contributed by atoms with E-state index in [-0.39, 0.29) is 18.2 Å². The smallest absolute Gasteiger partial charge is 0.326 e. The SMILES string of the molecule is C=CCNC(=O)[C@@H](C)OC(=O)CN1C(=O)CSc2ccccc21. The number of fused-ring (bicyclic) bond motifs is 1. The van der Waals surface area contributed by atoms with Crippen LogP contribution < -0.4 is 10.2 Å². The van der Waals surface area contributed by atoms with Crippen molar-refractivity contribution in [2.24, 2.45) is 0 Å². The minimum absolute atomic E-state index is 0.158. The number of hydrogen-bond acceptors (Lipinski definition) is 5. The predicted molar refractivity (Wildman–Crippen MR) is 88.3 cm³/mol. The van der Waals surface area contributed by atoms with Gasteiger partial charge in [-0.05, 0) is 19.1 Å². The molecule has 6 nitrogen and oxygen atoms in total. The number of rotatable bonds is 6. The highest BCUT2D eigenvalue weighted by molar-refractivity contribution is 8.00. The Labute approximate surface area is 138 Å². The lowest BCUT2D eigenvalue weighted by atomic mass is 10.2. The molecule has 2 amide bonds. The van der Waals surface area contributed by atoms with Gasteiger partial charge >= 0.3 is 5.97 Å². The van der Waals surface area contributed by atoms with E-state index in [4.69, 9.17) is 4.74 Å². The summed E-state index contributed by atoms with van der Waals surface area (Å²) in [6, 6.07) is 7.37. The summed E-state index contributed by atoms with van der Waals surface area (Å²) in [4.78, 5) is 38.1. The monoisotopic (exact) mass is 334 g/mol. The van der Waals surface area contributed by atoms with Crippen molar-refractivity contribution in [2.75, 3.05) is 23.7 Å². The van der Waals surface area contributed by atoms with Gasteiger partial charge in [-0.1, -0.05) is 18.2 Å². The van der Waals surface area contributed by atoms with Crippen molar-refractivity contribution in [3.63, 3.8) is 0 Å². The molecule has 0 spiro atoms. The van der Waals surface area contributed by atoms with E-state index in [0.29, 0.717) is 12.2 Å². The Morgan fingerprint density at radius 3 is 2.96 bits per heavy atom. The number of para-hydroxylation sites is 1. The molecule has 0 unspecified atom stereocenters. The van der Waals surface area contributed by atoms with Crippen LogP contribution in [0.4, 0.5) is 5.69 Å². The number of amides is 2. The first kappa shape index (κ1) is 17.1. The third-order valence-electron chi connectivity index (χ3n) is 3.19. The van der Waals surface area contributed by atoms with Gasteiger partial charge in [0.25, 0.3) is 5.91 Å². The quantitative estimate of drug-likeness (QED) is 0.628. The zero-order valence-electron chi connectivity index (χ0n) is 12.8. The molecule has 0 aromatic heterocycles. The number of esters is 1. The van der Waals surface area contributed by atoms with Gasteiger partial charge < -0.3 is 10.1 Å². The number of ether oxygens (including phenoxy) is 1. The van der Waals surface area contributed by atoms with Crippen LogP contribution in [0.5, 0.6) is 0 Å². The maximum absolute atomic E-state index is 12.1. The van der Waals surface area contributed by atoms with Gasteiger partial charge in [-0.25, -0.2) is 0 Å². The van der Waals surface area contributed by atoms with Gasteiger partial charge in [0, 0.05) is 11.4 Å². The minimum Gasteiger partial charge on any atom is -0.451 e. The predicted octanol–water partition coefficient (Wildman–Crippen LogP) is 1.36. The lowest BCUT2D eigenvalue weighted by Gasteiger charge is -2.28. The molecule has 0 aliphatic carbocycles. The molecular weight excluding hydrogens is 316 g/mol. The fourth-order valence-corrected chi connectivity index (χ4v) is 3.00. The van der Waals surface area contributed by atoms with Crippen molar-refractivity contribution in [1.29, 1.82) is 0 Å². The second-order valence-corrected chi connectivity index (χ2v) is 5.92. The van der Waals surface area contributed by atoms with Crippen LogP contribution in [0.25, 0.3) is 0 Å². The summed E-state index contributed by atoms with van der Waals surface area (Å²) < 4.78 is 5.09. The third-order valence-corrected chi connectivity index (χ3v) is 4.24. The molecule has 0 fully saturated rings. The summed E-state index contributed by atoms with van der Waals surface area (Å²) in [6.07, 6.45) is 0.611. The molecule has 1 N–H and O–H groups in total. The highest BCUT2D eigenvalue weighted by atomic mass is 32.2. The average Bonchev–Trinajstić information content (AvgIpc) is 2.55. The highest BCUT2D eigenvalue weighted by Crippen LogP contribution is 2.34. The molecule has 7 heteroatoms. The van der Waals surface area contributed by atoms with Crippen LogP contribution >= 0.6 is 11.8 Å². The molecular formula is C16H18N2O4S. The number of thioether (sulfide) groups is 1. The molecule has 1 heterocycles. The summed E-state index contributed by atoms with van der Waals surface area (Å²) >= 11 is 1.44. The van der Waals surface area contributed by atoms with Crippen LogP contribution in [0, 0.1) is 0 Å². The van der Waals surface area contributed by atoms with Gasteiger partial charge in [-0.2, -0.15) is 0 Å². The number of carbonyl (C=O) groups excluding carboxylic acids is 3. The number of anilines is 1. The van der Waals surface area contributed by atoms with Gasteiger partial charge in [-0.3, -0.25) is 19.3 Å². The lowest BCUT2D eigenvalue weighted by molar-refractivity contribution is -0.153. The first-order valence-corrected chi connectivity index (χ1v) is 8.11. The molecule has 1 aliphatic heterocycles. The zero-order chi connectivity index (χ0) is 16.8.